The van der Waals surface area contributed by atoms with Gasteiger partial charge < -0.3 is 4.74 Å². The van der Waals surface area contributed by atoms with Gasteiger partial charge in [0, 0.05) is 5.25 Å². The van der Waals surface area contributed by atoms with Crippen LogP contribution in [0, 0.1) is 0 Å². The minimum absolute atomic E-state index is 0.477. The molecular weight excluding hydrogens is 108 g/mol. The van der Waals surface area contributed by atoms with E-state index in [1.807, 2.05) is 11.8 Å². The van der Waals surface area contributed by atoms with E-state index in [1.54, 1.807) is 0 Å². The lowest BCUT2D eigenvalue weighted by Gasteiger charge is -2.03. The zero-order valence-corrected chi connectivity index (χ0v) is 5.49. The summed E-state index contributed by atoms with van der Waals surface area (Å²) in [6.07, 6.45) is 0.477. The molecule has 0 aromatic rings. The first kappa shape index (κ1) is 5.45. The molecule has 1 heterocycles. The Bertz CT molecular complexity index is 57.1. The van der Waals surface area contributed by atoms with Crippen LogP contribution in [0.5, 0.6) is 0 Å². The summed E-state index contributed by atoms with van der Waals surface area (Å²) in [4.78, 5) is 0. The molecule has 1 saturated heterocycles. The molecule has 0 N–H and O–H groups in total. The minimum atomic E-state index is 0.477. The van der Waals surface area contributed by atoms with Crippen LogP contribution in [0.15, 0.2) is 0 Å². The van der Waals surface area contributed by atoms with Gasteiger partial charge >= 0.3 is 0 Å². The summed E-state index contributed by atoms with van der Waals surface area (Å²) in [6, 6.07) is 0. The van der Waals surface area contributed by atoms with Crippen molar-refractivity contribution in [2.45, 2.75) is 25.2 Å². The summed E-state index contributed by atoms with van der Waals surface area (Å²) in [5.41, 5.74) is 0. The molecule has 0 saturated carbocycles. The van der Waals surface area contributed by atoms with Gasteiger partial charge in [0.15, 0.2) is 0 Å². The maximum atomic E-state index is 5.23. The Morgan fingerprint density at radius 2 is 2.29 bits per heavy atom. The molecule has 42 valence electrons. The maximum Gasteiger partial charge on any atom is 0.0928 e. The van der Waals surface area contributed by atoms with E-state index in [0.717, 1.165) is 5.94 Å². The molecule has 0 radical (unpaired) electrons. The Hall–Kier alpha value is 0.310. The van der Waals surface area contributed by atoms with Gasteiger partial charge in [-0.15, -0.1) is 11.8 Å². The van der Waals surface area contributed by atoms with Gasteiger partial charge in [-0.25, -0.2) is 0 Å². The van der Waals surface area contributed by atoms with Gasteiger partial charge in [-0.3, -0.25) is 0 Å². The summed E-state index contributed by atoms with van der Waals surface area (Å²) >= 11 is 1.88. The van der Waals surface area contributed by atoms with Crippen molar-refractivity contribution in [1.29, 1.82) is 0 Å². The molecule has 2 unspecified atom stereocenters. The molecular formula is C5H10OS. The molecule has 1 nitrogen and oxygen atoms in total. The summed E-state index contributed by atoms with van der Waals surface area (Å²) in [5, 5.41) is 0.708. The van der Waals surface area contributed by atoms with Gasteiger partial charge in [-0.05, 0) is 6.92 Å². The van der Waals surface area contributed by atoms with Crippen molar-refractivity contribution in [3.8, 4) is 0 Å². The molecule has 0 bridgehead atoms. The van der Waals surface area contributed by atoms with Crippen LogP contribution in [0.25, 0.3) is 0 Å². The van der Waals surface area contributed by atoms with E-state index in [0.29, 0.717) is 11.4 Å². The van der Waals surface area contributed by atoms with Crippen LogP contribution in [0.3, 0.4) is 0 Å². The van der Waals surface area contributed by atoms with Crippen LogP contribution in [0.2, 0.25) is 0 Å². The van der Waals surface area contributed by atoms with Gasteiger partial charge in [0.05, 0.1) is 12.0 Å². The smallest absolute Gasteiger partial charge is 0.0928 e. The highest BCUT2D eigenvalue weighted by molar-refractivity contribution is 8.00. The molecule has 7 heavy (non-hydrogen) atoms. The number of hydrogen-bond donors (Lipinski definition) is 0. The van der Waals surface area contributed by atoms with Crippen molar-refractivity contribution in [3.63, 3.8) is 0 Å². The highest BCUT2D eigenvalue weighted by Gasteiger charge is 2.18. The third-order valence-electron chi connectivity index (χ3n) is 1.32. The fourth-order valence-electron chi connectivity index (χ4n) is 0.525. The SMILES string of the molecule is CC1OCSC1C. The Labute approximate surface area is 48.4 Å². The van der Waals surface area contributed by atoms with E-state index in [2.05, 4.69) is 13.8 Å². The first-order valence-electron chi connectivity index (χ1n) is 2.54. The van der Waals surface area contributed by atoms with Crippen molar-refractivity contribution in [2.24, 2.45) is 0 Å². The Morgan fingerprint density at radius 1 is 1.57 bits per heavy atom. The molecule has 0 aromatic carbocycles. The zero-order chi connectivity index (χ0) is 5.28. The molecule has 1 rings (SSSR count). The normalized spacial score (nSPS) is 42.0. The van der Waals surface area contributed by atoms with Crippen LogP contribution in [0.4, 0.5) is 0 Å². The number of hydrogen-bond acceptors (Lipinski definition) is 2. The second-order valence-electron chi connectivity index (χ2n) is 1.86. The third kappa shape index (κ3) is 1.10. The van der Waals surface area contributed by atoms with Crippen LogP contribution in [-0.2, 0) is 4.74 Å². The standard InChI is InChI=1S/C5H10OS/c1-4-5(2)7-3-6-4/h4-5H,3H2,1-2H3. The second-order valence-corrected chi connectivity index (χ2v) is 3.17. The summed E-state index contributed by atoms with van der Waals surface area (Å²) in [5.74, 6) is 0.891. The van der Waals surface area contributed by atoms with Crippen molar-refractivity contribution >= 4 is 11.8 Å². The van der Waals surface area contributed by atoms with Gasteiger partial charge in [-0.2, -0.15) is 0 Å². The molecule has 0 aliphatic carbocycles. The lowest BCUT2D eigenvalue weighted by molar-refractivity contribution is 0.125. The van der Waals surface area contributed by atoms with Crippen LogP contribution >= 0.6 is 11.8 Å². The van der Waals surface area contributed by atoms with Gasteiger partial charge in [0.1, 0.15) is 0 Å². The number of ether oxygens (including phenoxy) is 1. The summed E-state index contributed by atoms with van der Waals surface area (Å²) in [7, 11) is 0. The Morgan fingerprint density at radius 3 is 2.43 bits per heavy atom. The van der Waals surface area contributed by atoms with Crippen molar-refractivity contribution in [3.05, 3.63) is 0 Å². The molecule has 1 aliphatic heterocycles. The first-order valence-corrected chi connectivity index (χ1v) is 3.59. The molecule has 2 heteroatoms. The quantitative estimate of drug-likeness (QED) is 0.476. The van der Waals surface area contributed by atoms with Crippen molar-refractivity contribution in [2.75, 3.05) is 5.94 Å². The molecule has 0 spiro atoms. The summed E-state index contributed by atoms with van der Waals surface area (Å²) < 4.78 is 5.23. The van der Waals surface area contributed by atoms with E-state index in [1.165, 1.54) is 0 Å². The van der Waals surface area contributed by atoms with E-state index >= 15 is 0 Å². The molecule has 1 aliphatic rings. The van der Waals surface area contributed by atoms with E-state index < -0.39 is 0 Å². The van der Waals surface area contributed by atoms with Gasteiger partial charge in [-0.1, -0.05) is 6.92 Å². The first-order chi connectivity index (χ1) is 3.30. The van der Waals surface area contributed by atoms with Gasteiger partial charge in [0.25, 0.3) is 0 Å². The molecule has 2 atom stereocenters. The molecule has 0 aromatic heterocycles. The topological polar surface area (TPSA) is 9.23 Å². The van der Waals surface area contributed by atoms with Gasteiger partial charge in [0.2, 0.25) is 0 Å². The van der Waals surface area contributed by atoms with E-state index in [9.17, 15) is 0 Å². The summed E-state index contributed by atoms with van der Waals surface area (Å²) in [6.45, 7) is 4.31. The number of rotatable bonds is 0. The van der Waals surface area contributed by atoms with Crippen molar-refractivity contribution in [1.82, 2.24) is 0 Å². The Kier molecular flexibility index (Phi) is 1.60. The molecule has 0 amide bonds. The lowest BCUT2D eigenvalue weighted by atomic mass is 10.3. The largest absolute Gasteiger partial charge is 0.367 e. The number of thioether (sulfide) groups is 1. The predicted octanol–water partition coefficient (Wildman–Crippen LogP) is 1.48. The Balaban J connectivity index is 2.33. The highest BCUT2D eigenvalue weighted by Crippen LogP contribution is 2.24. The average Bonchev–Trinajstić information content (AvgIpc) is 1.91. The molecule has 1 fully saturated rings. The fraction of sp³-hybridized carbons (Fsp3) is 1.00. The van der Waals surface area contributed by atoms with Crippen LogP contribution in [0.1, 0.15) is 13.8 Å². The maximum absolute atomic E-state index is 5.23. The average molecular weight is 118 g/mol. The monoisotopic (exact) mass is 118 g/mol. The second kappa shape index (κ2) is 2.05. The highest BCUT2D eigenvalue weighted by atomic mass is 32.2. The minimum Gasteiger partial charge on any atom is -0.367 e. The van der Waals surface area contributed by atoms with E-state index in [-0.39, 0.29) is 0 Å². The van der Waals surface area contributed by atoms with Crippen molar-refractivity contribution < 1.29 is 4.74 Å². The van der Waals surface area contributed by atoms with E-state index in [4.69, 9.17) is 4.74 Å². The predicted molar refractivity (Wildman–Crippen MR) is 32.5 cm³/mol. The third-order valence-corrected chi connectivity index (χ3v) is 2.50. The van der Waals surface area contributed by atoms with Crippen LogP contribution in [-0.4, -0.2) is 17.3 Å². The zero-order valence-electron chi connectivity index (χ0n) is 4.68. The lowest BCUT2D eigenvalue weighted by Crippen LogP contribution is -2.10. The fourth-order valence-corrected chi connectivity index (χ4v) is 1.38. The van der Waals surface area contributed by atoms with Crippen LogP contribution < -0.4 is 0 Å².